The van der Waals surface area contributed by atoms with Gasteiger partial charge in [0.1, 0.15) is 13.1 Å². The molecular formula is C20H32N2O2. The first-order valence-electron chi connectivity index (χ1n) is 8.33. The van der Waals surface area contributed by atoms with Crippen LogP contribution < -0.4 is 9.13 Å². The van der Waals surface area contributed by atoms with E-state index in [2.05, 4.69) is 75.2 Å². The minimum absolute atomic E-state index is 0. The van der Waals surface area contributed by atoms with Gasteiger partial charge >= 0.3 is 0 Å². The number of pyridine rings is 2. The van der Waals surface area contributed by atoms with Gasteiger partial charge in [-0.15, -0.1) is 0 Å². The maximum absolute atomic E-state index is 2.41. The zero-order chi connectivity index (χ0) is 16.3. The average molecular weight is 332 g/mol. The van der Waals surface area contributed by atoms with Gasteiger partial charge in [0.05, 0.1) is 0 Å². The first kappa shape index (κ1) is 22.2. The molecule has 0 saturated carbocycles. The number of hydrogen-bond donors (Lipinski definition) is 0. The summed E-state index contributed by atoms with van der Waals surface area (Å²) < 4.78 is 4.81. The van der Waals surface area contributed by atoms with Crippen molar-refractivity contribution in [3.8, 4) is 0 Å². The van der Waals surface area contributed by atoms with Crippen molar-refractivity contribution in [1.29, 1.82) is 0 Å². The van der Waals surface area contributed by atoms with Crippen molar-refractivity contribution in [2.75, 3.05) is 0 Å². The van der Waals surface area contributed by atoms with Gasteiger partial charge in [-0.25, -0.2) is 9.13 Å². The number of aryl methyl sites for hydroxylation is 6. The summed E-state index contributed by atoms with van der Waals surface area (Å²) in [6.45, 7) is 15.4. The second-order valence-electron chi connectivity index (χ2n) is 6.67. The van der Waals surface area contributed by atoms with Gasteiger partial charge < -0.3 is 11.0 Å². The fourth-order valence-electron chi connectivity index (χ4n) is 3.13. The van der Waals surface area contributed by atoms with Crippen molar-refractivity contribution in [3.63, 3.8) is 0 Å². The Morgan fingerprint density at radius 1 is 0.625 bits per heavy atom. The van der Waals surface area contributed by atoms with E-state index in [1.165, 1.54) is 46.5 Å². The van der Waals surface area contributed by atoms with Crippen LogP contribution >= 0.6 is 0 Å². The molecule has 4 heteroatoms. The molecule has 0 aliphatic carbocycles. The van der Waals surface area contributed by atoms with Gasteiger partial charge in [0.15, 0.2) is 23.8 Å². The van der Waals surface area contributed by atoms with Gasteiger partial charge in [0.25, 0.3) is 0 Å². The van der Waals surface area contributed by atoms with Crippen LogP contribution in [0.25, 0.3) is 0 Å². The largest absolute Gasteiger partial charge is 0.870 e. The summed E-state index contributed by atoms with van der Waals surface area (Å²) in [5, 5.41) is 0. The second-order valence-corrected chi connectivity index (χ2v) is 6.67. The lowest BCUT2D eigenvalue weighted by molar-refractivity contribution is -0.714. The van der Waals surface area contributed by atoms with Crippen molar-refractivity contribution in [2.45, 2.75) is 67.5 Å². The molecule has 2 aromatic heterocycles. The molecule has 4 nitrogen and oxygen atoms in total. The first-order chi connectivity index (χ1) is 10.4. The molecule has 0 aromatic carbocycles. The van der Waals surface area contributed by atoms with E-state index >= 15 is 0 Å². The van der Waals surface area contributed by atoms with E-state index in [0.717, 1.165) is 13.1 Å². The molecule has 0 fully saturated rings. The number of hydrogen-bond acceptors (Lipinski definition) is 2. The van der Waals surface area contributed by atoms with E-state index in [1.54, 1.807) is 0 Å². The summed E-state index contributed by atoms with van der Waals surface area (Å²) in [7, 11) is 0. The monoisotopic (exact) mass is 332 g/mol. The molecule has 0 spiro atoms. The number of unbranched alkanes of at least 4 members (excludes halogenated alkanes) is 1. The molecule has 134 valence electrons. The number of rotatable bonds is 5. The molecule has 2 rings (SSSR count). The molecule has 0 bridgehead atoms. The van der Waals surface area contributed by atoms with E-state index in [-0.39, 0.29) is 11.0 Å². The Labute approximate surface area is 146 Å². The second kappa shape index (κ2) is 9.50. The molecule has 2 N–H and O–H groups in total. The fraction of sp³-hybridized carbons (Fsp3) is 0.500. The van der Waals surface area contributed by atoms with Crippen molar-refractivity contribution in [2.24, 2.45) is 0 Å². The van der Waals surface area contributed by atoms with Crippen LogP contribution in [-0.4, -0.2) is 11.0 Å². The number of nitrogens with zero attached hydrogens (tertiary/aromatic N) is 2. The summed E-state index contributed by atoms with van der Waals surface area (Å²) >= 11 is 0. The van der Waals surface area contributed by atoms with Crippen LogP contribution in [0.5, 0.6) is 0 Å². The maximum Gasteiger partial charge on any atom is 0.181 e. The molecule has 0 atom stereocenters. The highest BCUT2D eigenvalue weighted by molar-refractivity contribution is 5.18. The molecule has 0 aliphatic rings. The molecule has 0 radical (unpaired) electrons. The molecule has 24 heavy (non-hydrogen) atoms. The zero-order valence-electron chi connectivity index (χ0n) is 15.9. The van der Waals surface area contributed by atoms with Crippen LogP contribution in [0.15, 0.2) is 24.5 Å². The predicted octanol–water partition coefficient (Wildman–Crippen LogP) is 3.24. The van der Waals surface area contributed by atoms with Gasteiger partial charge in [-0.3, -0.25) is 0 Å². The molecule has 0 saturated heterocycles. The van der Waals surface area contributed by atoms with Gasteiger partial charge in [-0.05, 0) is 39.8 Å². The molecule has 0 aliphatic heterocycles. The van der Waals surface area contributed by atoms with Crippen molar-refractivity contribution < 1.29 is 20.1 Å². The Morgan fingerprint density at radius 2 is 0.958 bits per heavy atom. The van der Waals surface area contributed by atoms with Crippen molar-refractivity contribution in [1.82, 2.24) is 0 Å². The third-order valence-corrected chi connectivity index (χ3v) is 4.66. The summed E-state index contributed by atoms with van der Waals surface area (Å²) in [5.41, 5.74) is 8.26. The number of aromatic nitrogens is 2. The predicted molar refractivity (Wildman–Crippen MR) is 94.8 cm³/mol. The lowest BCUT2D eigenvalue weighted by Gasteiger charge is -2.06. The first-order valence-corrected chi connectivity index (χ1v) is 8.33. The Morgan fingerprint density at radius 3 is 1.29 bits per heavy atom. The summed E-state index contributed by atoms with van der Waals surface area (Å²) in [5.74, 6) is 0. The Bertz CT molecular complexity index is 622. The highest BCUT2D eigenvalue weighted by Crippen LogP contribution is 2.06. The Balaban J connectivity index is 0.00000264. The minimum Gasteiger partial charge on any atom is -0.870 e. The van der Waals surface area contributed by atoms with Crippen LogP contribution in [0.1, 0.15) is 46.5 Å². The Kier molecular flexibility index (Phi) is 8.80. The topological polar surface area (TPSA) is 67.8 Å². The highest BCUT2D eigenvalue weighted by atomic mass is 16.0. The van der Waals surface area contributed by atoms with Gasteiger partial charge in [-0.2, -0.15) is 0 Å². The molecular weight excluding hydrogens is 300 g/mol. The lowest BCUT2D eigenvalue weighted by atomic mass is 10.1. The SMILES string of the molecule is Cc1cc(C)c(C)[n+](CCCC[n+]2cc(C)cc(C)c2C)c1.[OH-].[OH-]. The lowest BCUT2D eigenvalue weighted by Crippen LogP contribution is -2.40. The van der Waals surface area contributed by atoms with E-state index in [9.17, 15) is 0 Å². The molecule has 0 unspecified atom stereocenters. The molecule has 2 heterocycles. The third kappa shape index (κ3) is 5.39. The van der Waals surface area contributed by atoms with Gasteiger partial charge in [0.2, 0.25) is 0 Å². The van der Waals surface area contributed by atoms with Crippen LogP contribution in [0, 0.1) is 41.5 Å². The molecule has 0 amide bonds. The van der Waals surface area contributed by atoms with Crippen LogP contribution in [0.4, 0.5) is 0 Å². The van der Waals surface area contributed by atoms with Gasteiger partial charge in [0, 0.05) is 48.9 Å². The summed E-state index contributed by atoms with van der Waals surface area (Å²) in [6.07, 6.45) is 6.98. The van der Waals surface area contributed by atoms with Crippen LogP contribution in [0.3, 0.4) is 0 Å². The van der Waals surface area contributed by atoms with E-state index in [1.807, 2.05) is 0 Å². The minimum atomic E-state index is 0. The van der Waals surface area contributed by atoms with Gasteiger partial charge in [-0.1, -0.05) is 0 Å². The van der Waals surface area contributed by atoms with E-state index < -0.39 is 0 Å². The fourth-order valence-corrected chi connectivity index (χ4v) is 3.13. The third-order valence-electron chi connectivity index (χ3n) is 4.66. The normalized spacial score (nSPS) is 10.1. The van der Waals surface area contributed by atoms with Crippen molar-refractivity contribution in [3.05, 3.63) is 58.2 Å². The smallest absolute Gasteiger partial charge is 0.181 e. The van der Waals surface area contributed by atoms with E-state index in [0.29, 0.717) is 0 Å². The maximum atomic E-state index is 2.41. The van der Waals surface area contributed by atoms with Crippen LogP contribution in [0.2, 0.25) is 0 Å². The molecule has 2 aromatic rings. The highest BCUT2D eigenvalue weighted by Gasteiger charge is 2.12. The van der Waals surface area contributed by atoms with Crippen LogP contribution in [-0.2, 0) is 13.1 Å². The van der Waals surface area contributed by atoms with Crippen molar-refractivity contribution >= 4 is 0 Å². The summed E-state index contributed by atoms with van der Waals surface area (Å²) in [6, 6.07) is 4.53. The average Bonchev–Trinajstić information content (AvgIpc) is 2.44. The standard InChI is InChI=1S/C20H30N2.2H2O/c1-15-11-17(3)19(5)21(13-15)9-7-8-10-22-14-16(2)12-18(4)20(22)6;;/h11-14H,7-10H2,1-6H3;2*1H2/q+2;;/p-2. The quantitative estimate of drug-likeness (QED) is 0.623. The van der Waals surface area contributed by atoms with E-state index in [4.69, 9.17) is 0 Å². The zero-order valence-corrected chi connectivity index (χ0v) is 15.9. The summed E-state index contributed by atoms with van der Waals surface area (Å²) in [4.78, 5) is 0. The Hall–Kier alpha value is -1.78.